The minimum atomic E-state index is -3.14. The Balaban J connectivity index is 2.43. The highest BCUT2D eigenvalue weighted by atomic mass is 32.2. The number of hydrogen-bond donors (Lipinski definition) is 1. The van der Waals surface area contributed by atoms with Crippen molar-refractivity contribution in [3.8, 4) is 0 Å². The molecule has 1 N–H and O–H groups in total. The first-order valence-corrected chi connectivity index (χ1v) is 6.94. The summed E-state index contributed by atoms with van der Waals surface area (Å²) in [5.41, 5.74) is 0. The van der Waals surface area contributed by atoms with E-state index in [4.69, 9.17) is 9.84 Å². The number of aliphatic hydroxyl groups is 1. The normalized spacial score (nSPS) is 20.1. The molecule has 0 aliphatic carbocycles. The summed E-state index contributed by atoms with van der Waals surface area (Å²) in [6, 6.07) is 0. The molecule has 0 spiro atoms. The van der Waals surface area contributed by atoms with Gasteiger partial charge < -0.3 is 9.84 Å². The summed E-state index contributed by atoms with van der Waals surface area (Å²) >= 11 is 0. The Bertz CT molecular complexity index is 257. The quantitative estimate of drug-likeness (QED) is 0.673. The molecule has 0 saturated carbocycles. The van der Waals surface area contributed by atoms with Gasteiger partial charge in [0.1, 0.15) is 0 Å². The molecular weight excluding hydrogens is 218 g/mol. The van der Waals surface area contributed by atoms with Crippen LogP contribution in [0.15, 0.2) is 0 Å². The average molecular weight is 237 g/mol. The van der Waals surface area contributed by atoms with E-state index in [0.29, 0.717) is 39.1 Å². The van der Waals surface area contributed by atoms with E-state index in [2.05, 4.69) is 0 Å². The molecule has 0 bridgehead atoms. The van der Waals surface area contributed by atoms with Gasteiger partial charge in [-0.15, -0.1) is 0 Å². The Morgan fingerprint density at radius 2 is 2.00 bits per heavy atom. The molecule has 0 aromatic rings. The molecule has 5 nitrogen and oxygen atoms in total. The number of rotatable bonds is 5. The summed E-state index contributed by atoms with van der Waals surface area (Å²) in [4.78, 5) is 0. The lowest BCUT2D eigenvalue weighted by molar-refractivity contribution is 0.148. The first-order valence-electron chi connectivity index (χ1n) is 5.33. The van der Waals surface area contributed by atoms with E-state index in [1.54, 1.807) is 0 Å². The number of nitrogens with zero attached hydrogens (tertiary/aromatic N) is 1. The Kier molecular flexibility index (Phi) is 5.52. The molecule has 1 aliphatic rings. The monoisotopic (exact) mass is 237 g/mol. The summed E-state index contributed by atoms with van der Waals surface area (Å²) in [6.07, 6.45) is 1.83. The van der Waals surface area contributed by atoms with Crippen molar-refractivity contribution in [2.45, 2.75) is 19.3 Å². The molecule has 0 atom stereocenters. The van der Waals surface area contributed by atoms with E-state index in [0.717, 1.165) is 6.42 Å². The molecule has 1 heterocycles. The first kappa shape index (κ1) is 12.9. The summed E-state index contributed by atoms with van der Waals surface area (Å²) in [6.45, 7) is 2.20. The SMILES string of the molecule is O=S(=O)(CCCCO)N1CCCOCC1. The summed E-state index contributed by atoms with van der Waals surface area (Å²) in [5.74, 6) is 0.133. The third-order valence-electron chi connectivity index (χ3n) is 2.39. The van der Waals surface area contributed by atoms with Crippen LogP contribution in [0, 0.1) is 0 Å². The van der Waals surface area contributed by atoms with Crippen LogP contribution in [-0.4, -0.2) is 56.5 Å². The Morgan fingerprint density at radius 3 is 2.73 bits per heavy atom. The predicted molar refractivity (Wildman–Crippen MR) is 57.1 cm³/mol. The van der Waals surface area contributed by atoms with Crippen molar-refractivity contribution >= 4 is 10.0 Å². The van der Waals surface area contributed by atoms with Gasteiger partial charge in [-0.3, -0.25) is 0 Å². The zero-order valence-electron chi connectivity index (χ0n) is 8.89. The minimum absolute atomic E-state index is 0.0542. The first-order chi connectivity index (χ1) is 7.17. The van der Waals surface area contributed by atoms with Crippen LogP contribution in [-0.2, 0) is 14.8 Å². The van der Waals surface area contributed by atoms with Crippen molar-refractivity contribution < 1.29 is 18.3 Å². The second-order valence-corrected chi connectivity index (χ2v) is 5.70. The van der Waals surface area contributed by atoms with E-state index >= 15 is 0 Å². The summed E-state index contributed by atoms with van der Waals surface area (Å²) < 4.78 is 30.3. The van der Waals surface area contributed by atoms with Crippen molar-refractivity contribution in [2.75, 3.05) is 38.7 Å². The van der Waals surface area contributed by atoms with Gasteiger partial charge in [0.2, 0.25) is 10.0 Å². The molecule has 0 aromatic carbocycles. The van der Waals surface area contributed by atoms with E-state index in [1.807, 2.05) is 0 Å². The minimum Gasteiger partial charge on any atom is -0.396 e. The van der Waals surface area contributed by atoms with Crippen molar-refractivity contribution in [1.82, 2.24) is 4.31 Å². The van der Waals surface area contributed by atoms with Gasteiger partial charge in [0.25, 0.3) is 0 Å². The molecule has 1 rings (SSSR count). The number of sulfonamides is 1. The molecule has 0 radical (unpaired) electrons. The largest absolute Gasteiger partial charge is 0.396 e. The van der Waals surface area contributed by atoms with Gasteiger partial charge in [0, 0.05) is 26.3 Å². The van der Waals surface area contributed by atoms with E-state index in [-0.39, 0.29) is 12.4 Å². The van der Waals surface area contributed by atoms with E-state index in [1.165, 1.54) is 4.31 Å². The van der Waals surface area contributed by atoms with E-state index < -0.39 is 10.0 Å². The van der Waals surface area contributed by atoms with Crippen LogP contribution < -0.4 is 0 Å². The second kappa shape index (κ2) is 6.42. The lowest BCUT2D eigenvalue weighted by Crippen LogP contribution is -2.35. The van der Waals surface area contributed by atoms with Gasteiger partial charge >= 0.3 is 0 Å². The van der Waals surface area contributed by atoms with Crippen LogP contribution in [0.25, 0.3) is 0 Å². The molecule has 6 heteroatoms. The molecular formula is C9H19NO4S. The molecule has 0 unspecified atom stereocenters. The number of unbranched alkanes of at least 4 members (excludes halogenated alkanes) is 1. The third kappa shape index (κ3) is 4.46. The zero-order valence-corrected chi connectivity index (χ0v) is 9.71. The zero-order chi connectivity index (χ0) is 11.1. The maximum atomic E-state index is 11.8. The summed E-state index contributed by atoms with van der Waals surface area (Å²) in [7, 11) is -3.14. The molecule has 1 fully saturated rings. The Morgan fingerprint density at radius 1 is 1.20 bits per heavy atom. The molecule has 15 heavy (non-hydrogen) atoms. The molecule has 1 aliphatic heterocycles. The van der Waals surface area contributed by atoms with Crippen molar-refractivity contribution in [2.24, 2.45) is 0 Å². The van der Waals surface area contributed by atoms with Crippen molar-refractivity contribution in [1.29, 1.82) is 0 Å². The standard InChI is InChI=1S/C9H19NO4S/c11-6-1-2-9-15(12,13)10-4-3-7-14-8-5-10/h11H,1-9H2. The highest BCUT2D eigenvalue weighted by Crippen LogP contribution is 2.08. The van der Waals surface area contributed by atoms with Crippen molar-refractivity contribution in [3.63, 3.8) is 0 Å². The lowest BCUT2D eigenvalue weighted by Gasteiger charge is -2.18. The predicted octanol–water partition coefficient (Wildman–Crippen LogP) is -0.189. The van der Waals surface area contributed by atoms with Gasteiger partial charge in [-0.1, -0.05) is 0 Å². The molecule has 0 aromatic heterocycles. The highest BCUT2D eigenvalue weighted by Gasteiger charge is 2.22. The fraction of sp³-hybridized carbons (Fsp3) is 1.00. The van der Waals surface area contributed by atoms with Gasteiger partial charge in [-0.25, -0.2) is 8.42 Å². The topological polar surface area (TPSA) is 66.8 Å². The molecule has 0 amide bonds. The molecule has 1 saturated heterocycles. The van der Waals surface area contributed by atoms with E-state index in [9.17, 15) is 8.42 Å². The fourth-order valence-corrected chi connectivity index (χ4v) is 3.11. The molecule has 90 valence electrons. The van der Waals surface area contributed by atoms with Gasteiger partial charge in [-0.05, 0) is 19.3 Å². The third-order valence-corrected chi connectivity index (χ3v) is 4.34. The fourth-order valence-electron chi connectivity index (χ4n) is 1.53. The number of hydrogen-bond acceptors (Lipinski definition) is 4. The van der Waals surface area contributed by atoms with Crippen LogP contribution in [0.2, 0.25) is 0 Å². The van der Waals surface area contributed by atoms with Crippen LogP contribution in [0.3, 0.4) is 0 Å². The van der Waals surface area contributed by atoms with Crippen LogP contribution >= 0.6 is 0 Å². The Hall–Kier alpha value is -0.170. The second-order valence-electron chi connectivity index (χ2n) is 3.61. The number of ether oxygens (including phenoxy) is 1. The highest BCUT2D eigenvalue weighted by molar-refractivity contribution is 7.89. The maximum Gasteiger partial charge on any atom is 0.214 e. The van der Waals surface area contributed by atoms with Gasteiger partial charge in [0.05, 0.1) is 12.4 Å². The average Bonchev–Trinajstić information content (AvgIpc) is 2.46. The Labute approximate surface area is 91.1 Å². The van der Waals surface area contributed by atoms with Crippen LogP contribution in [0.5, 0.6) is 0 Å². The lowest BCUT2D eigenvalue weighted by atomic mass is 10.4. The van der Waals surface area contributed by atoms with Gasteiger partial charge in [0.15, 0.2) is 0 Å². The van der Waals surface area contributed by atoms with Crippen molar-refractivity contribution in [3.05, 3.63) is 0 Å². The van der Waals surface area contributed by atoms with Crippen LogP contribution in [0.1, 0.15) is 19.3 Å². The van der Waals surface area contributed by atoms with Gasteiger partial charge in [-0.2, -0.15) is 4.31 Å². The maximum absolute atomic E-state index is 11.8. The van der Waals surface area contributed by atoms with Crippen LogP contribution in [0.4, 0.5) is 0 Å². The smallest absolute Gasteiger partial charge is 0.214 e. The number of aliphatic hydroxyl groups excluding tert-OH is 1. The summed E-state index contributed by atoms with van der Waals surface area (Å²) in [5, 5.41) is 8.59.